The molecule has 19 heavy (non-hydrogen) atoms. The molecule has 0 aliphatic heterocycles. The lowest BCUT2D eigenvalue weighted by atomic mass is 9.74. The number of carboxylic acid groups (broad SMARTS) is 1. The van der Waals surface area contributed by atoms with Crippen molar-refractivity contribution in [2.24, 2.45) is 5.41 Å². The molecule has 1 heterocycles. The number of carbonyl (C=O) groups is 1. The summed E-state index contributed by atoms with van der Waals surface area (Å²) in [6, 6.07) is 12.0. The third-order valence-electron chi connectivity index (χ3n) is 3.91. The van der Waals surface area contributed by atoms with Gasteiger partial charge in [-0.25, -0.2) is 0 Å². The number of aliphatic carboxylic acids is 1. The fraction of sp³-hybridized carbons (Fsp3) is 0.267. The van der Waals surface area contributed by atoms with Gasteiger partial charge in [0, 0.05) is 10.8 Å². The highest BCUT2D eigenvalue weighted by Crippen LogP contribution is 2.54. The van der Waals surface area contributed by atoms with E-state index in [1.54, 1.807) is 11.3 Å². The van der Waals surface area contributed by atoms with Crippen LogP contribution < -0.4 is 0 Å². The van der Waals surface area contributed by atoms with Crippen LogP contribution in [0.25, 0.3) is 0 Å². The Morgan fingerprint density at radius 3 is 2.74 bits per heavy atom. The highest BCUT2D eigenvalue weighted by atomic mass is 79.9. The van der Waals surface area contributed by atoms with Crippen molar-refractivity contribution in [3.8, 4) is 0 Å². The zero-order valence-electron chi connectivity index (χ0n) is 10.4. The van der Waals surface area contributed by atoms with Gasteiger partial charge in [0.2, 0.25) is 0 Å². The Morgan fingerprint density at radius 2 is 2.11 bits per heavy atom. The number of fused-ring (bicyclic) bond motifs is 1. The van der Waals surface area contributed by atoms with Crippen LogP contribution in [0.1, 0.15) is 28.8 Å². The van der Waals surface area contributed by atoms with Gasteiger partial charge in [-0.3, -0.25) is 4.79 Å². The van der Waals surface area contributed by atoms with Crippen LogP contribution in [0.15, 0.2) is 40.2 Å². The maximum Gasteiger partial charge on any atom is 0.310 e. The molecule has 1 aromatic heterocycles. The minimum Gasteiger partial charge on any atom is -0.481 e. The van der Waals surface area contributed by atoms with Gasteiger partial charge >= 0.3 is 5.97 Å². The molecular formula is C15H13BrO2S. The molecule has 3 rings (SSSR count). The standard InChI is InChI=1S/C15H13BrO2S/c1-15(14(17)18)8-11-10(7-12(16)19-11)13(15)9-5-3-2-4-6-9/h2-7,13H,8H2,1H3,(H,17,18)/t13-,15+/m1/s1. The fourth-order valence-corrected chi connectivity index (χ4v) is 4.88. The monoisotopic (exact) mass is 336 g/mol. The van der Waals surface area contributed by atoms with Crippen molar-refractivity contribution in [3.63, 3.8) is 0 Å². The van der Waals surface area contributed by atoms with Crippen LogP contribution in [0.5, 0.6) is 0 Å². The van der Waals surface area contributed by atoms with E-state index in [1.807, 2.05) is 37.3 Å². The van der Waals surface area contributed by atoms with Crippen LogP contribution in [0, 0.1) is 5.41 Å². The number of benzene rings is 1. The molecule has 1 aromatic carbocycles. The van der Waals surface area contributed by atoms with E-state index in [9.17, 15) is 9.90 Å². The lowest BCUT2D eigenvalue weighted by molar-refractivity contribution is -0.148. The van der Waals surface area contributed by atoms with Gasteiger partial charge in [0.15, 0.2) is 0 Å². The zero-order chi connectivity index (χ0) is 13.6. The second kappa shape index (κ2) is 4.46. The van der Waals surface area contributed by atoms with Gasteiger partial charge in [-0.2, -0.15) is 0 Å². The Kier molecular flexibility index (Phi) is 3.02. The predicted octanol–water partition coefficient (Wildman–Crippen LogP) is 4.29. The van der Waals surface area contributed by atoms with Crippen LogP contribution in [0.2, 0.25) is 0 Å². The van der Waals surface area contributed by atoms with E-state index in [-0.39, 0.29) is 5.92 Å². The quantitative estimate of drug-likeness (QED) is 0.888. The minimum atomic E-state index is -0.747. The highest BCUT2D eigenvalue weighted by molar-refractivity contribution is 9.11. The van der Waals surface area contributed by atoms with Crippen molar-refractivity contribution in [2.45, 2.75) is 19.3 Å². The maximum absolute atomic E-state index is 11.8. The van der Waals surface area contributed by atoms with Crippen molar-refractivity contribution >= 4 is 33.2 Å². The molecule has 1 N–H and O–H groups in total. The Balaban J connectivity index is 2.18. The van der Waals surface area contributed by atoms with Crippen LogP contribution in [0.4, 0.5) is 0 Å². The van der Waals surface area contributed by atoms with Gasteiger partial charge in [-0.05, 0) is 46.5 Å². The molecule has 1 aliphatic carbocycles. The molecule has 0 bridgehead atoms. The first-order valence-electron chi connectivity index (χ1n) is 6.09. The molecule has 4 heteroatoms. The highest BCUT2D eigenvalue weighted by Gasteiger charge is 2.49. The summed E-state index contributed by atoms with van der Waals surface area (Å²) >= 11 is 5.15. The van der Waals surface area contributed by atoms with Crippen LogP contribution in [-0.4, -0.2) is 11.1 Å². The van der Waals surface area contributed by atoms with Crippen molar-refractivity contribution in [1.82, 2.24) is 0 Å². The van der Waals surface area contributed by atoms with E-state index in [1.165, 1.54) is 4.88 Å². The summed E-state index contributed by atoms with van der Waals surface area (Å²) in [7, 11) is 0. The Hall–Kier alpha value is -1.13. The number of carboxylic acids is 1. The van der Waals surface area contributed by atoms with Crippen LogP contribution in [0.3, 0.4) is 0 Å². The average molecular weight is 337 g/mol. The summed E-state index contributed by atoms with van der Waals surface area (Å²) in [4.78, 5) is 12.9. The molecule has 2 atom stereocenters. The molecule has 2 nitrogen and oxygen atoms in total. The number of rotatable bonds is 2. The summed E-state index contributed by atoms with van der Waals surface area (Å²) in [5, 5.41) is 9.66. The van der Waals surface area contributed by atoms with Crippen molar-refractivity contribution in [1.29, 1.82) is 0 Å². The van der Waals surface area contributed by atoms with Crippen LogP contribution >= 0.6 is 27.3 Å². The number of hydrogen-bond donors (Lipinski definition) is 1. The normalized spacial score (nSPS) is 25.3. The summed E-state index contributed by atoms with van der Waals surface area (Å²) < 4.78 is 1.07. The van der Waals surface area contributed by atoms with Gasteiger partial charge in [0.05, 0.1) is 9.20 Å². The maximum atomic E-state index is 11.8. The Bertz CT molecular complexity index is 635. The van der Waals surface area contributed by atoms with Gasteiger partial charge in [0.25, 0.3) is 0 Å². The van der Waals surface area contributed by atoms with E-state index in [4.69, 9.17) is 0 Å². The van der Waals surface area contributed by atoms with E-state index in [0.29, 0.717) is 6.42 Å². The average Bonchev–Trinajstić information content (AvgIpc) is 2.83. The number of hydrogen-bond acceptors (Lipinski definition) is 2. The van der Waals surface area contributed by atoms with Crippen molar-refractivity contribution in [3.05, 3.63) is 56.2 Å². The van der Waals surface area contributed by atoms with Gasteiger partial charge in [0.1, 0.15) is 0 Å². The molecule has 0 saturated heterocycles. The molecule has 0 spiro atoms. The van der Waals surface area contributed by atoms with E-state index in [0.717, 1.165) is 14.9 Å². The molecule has 0 saturated carbocycles. The summed E-state index contributed by atoms with van der Waals surface area (Å²) in [6.07, 6.45) is 0.605. The van der Waals surface area contributed by atoms with Gasteiger partial charge in [-0.15, -0.1) is 11.3 Å². The van der Waals surface area contributed by atoms with E-state index >= 15 is 0 Å². The Morgan fingerprint density at radius 1 is 1.42 bits per heavy atom. The third kappa shape index (κ3) is 1.94. The fourth-order valence-electron chi connectivity index (χ4n) is 2.96. The minimum absolute atomic E-state index is 0.0660. The lowest BCUT2D eigenvalue weighted by Crippen LogP contribution is -2.32. The zero-order valence-corrected chi connectivity index (χ0v) is 12.8. The van der Waals surface area contributed by atoms with Gasteiger partial charge in [-0.1, -0.05) is 30.3 Å². The molecule has 0 unspecified atom stereocenters. The third-order valence-corrected chi connectivity index (χ3v) is 5.56. The SMILES string of the molecule is C[C@]1(C(=O)O)Cc2sc(Br)cc2[C@H]1c1ccccc1. The first kappa shape index (κ1) is 12.9. The molecule has 0 fully saturated rings. The molecule has 0 radical (unpaired) electrons. The van der Waals surface area contributed by atoms with Crippen LogP contribution in [-0.2, 0) is 11.2 Å². The molecule has 1 aliphatic rings. The van der Waals surface area contributed by atoms with Gasteiger partial charge < -0.3 is 5.11 Å². The number of thiophene rings is 1. The second-order valence-corrected chi connectivity index (χ2v) is 7.69. The summed E-state index contributed by atoms with van der Waals surface area (Å²) in [6.45, 7) is 1.85. The number of halogens is 1. The predicted molar refractivity (Wildman–Crippen MR) is 79.8 cm³/mol. The van der Waals surface area contributed by atoms with Crippen molar-refractivity contribution < 1.29 is 9.90 Å². The molecule has 0 amide bonds. The first-order chi connectivity index (χ1) is 9.02. The molecule has 2 aromatic rings. The van der Waals surface area contributed by atoms with E-state index < -0.39 is 11.4 Å². The summed E-state index contributed by atoms with van der Waals surface area (Å²) in [5.74, 6) is -0.787. The Labute approximate surface area is 124 Å². The topological polar surface area (TPSA) is 37.3 Å². The van der Waals surface area contributed by atoms with E-state index in [2.05, 4.69) is 22.0 Å². The van der Waals surface area contributed by atoms with Crippen molar-refractivity contribution in [2.75, 3.05) is 0 Å². The molecule has 98 valence electrons. The smallest absolute Gasteiger partial charge is 0.310 e. The summed E-state index contributed by atoms with van der Waals surface area (Å²) in [5.41, 5.74) is 1.49. The molecular weight excluding hydrogens is 324 g/mol. The lowest BCUT2D eigenvalue weighted by Gasteiger charge is -2.28. The second-order valence-electron chi connectivity index (χ2n) is 5.17. The first-order valence-corrected chi connectivity index (χ1v) is 7.70. The largest absolute Gasteiger partial charge is 0.481 e.